The molecule has 0 spiro atoms. The van der Waals surface area contributed by atoms with Crippen LogP contribution in [0.15, 0.2) is 28.3 Å². The molecule has 0 saturated carbocycles. The molecule has 0 aliphatic heterocycles. The summed E-state index contributed by atoms with van der Waals surface area (Å²) in [5.41, 5.74) is -0.108. The minimum Gasteiger partial charge on any atom is -0.390 e. The molecule has 0 aromatic heterocycles. The number of nitrogens with two attached hydrogens (primary N) is 1. The van der Waals surface area contributed by atoms with Gasteiger partial charge in [0.2, 0.25) is 0 Å². The van der Waals surface area contributed by atoms with Gasteiger partial charge in [-0.25, -0.2) is 8.78 Å². The third kappa shape index (κ3) is 2.81. The number of nitrogens with zero attached hydrogens (tertiary/aromatic N) is 2. The fourth-order valence-electron chi connectivity index (χ4n) is 0.851. The smallest absolute Gasteiger partial charge is 0.184 e. The largest absolute Gasteiger partial charge is 0.390 e. The number of aliphatic imine (C=N–C) groups is 1. The van der Waals surface area contributed by atoms with Crippen molar-refractivity contribution in [3.8, 4) is 0 Å². The molecular weight excluding hydrogens is 204 g/mol. The summed E-state index contributed by atoms with van der Waals surface area (Å²) in [5, 5.41) is 11.8. The van der Waals surface area contributed by atoms with Crippen LogP contribution in [-0.4, -0.2) is 23.6 Å². The van der Waals surface area contributed by atoms with Gasteiger partial charge in [0.15, 0.2) is 11.6 Å². The molecule has 0 amide bonds. The summed E-state index contributed by atoms with van der Waals surface area (Å²) >= 11 is 0. The number of benzene rings is 1. The number of hydrazone groups is 1. The molecule has 4 nitrogen and oxygen atoms in total. The molecule has 0 radical (unpaired) electrons. The summed E-state index contributed by atoms with van der Waals surface area (Å²) in [5.74, 6) is 2.85. The molecule has 1 rings (SSSR count). The SMILES string of the molecule is NN=C(C=Nc1cccc(F)c1F)CO. The average molecular weight is 213 g/mol. The lowest BCUT2D eigenvalue weighted by molar-refractivity contribution is 0.359. The van der Waals surface area contributed by atoms with E-state index in [4.69, 9.17) is 10.9 Å². The van der Waals surface area contributed by atoms with Gasteiger partial charge in [-0.3, -0.25) is 4.99 Å². The Bertz CT molecular complexity index is 404. The van der Waals surface area contributed by atoms with Crippen LogP contribution in [0.3, 0.4) is 0 Å². The van der Waals surface area contributed by atoms with Gasteiger partial charge in [-0.05, 0) is 12.1 Å². The van der Waals surface area contributed by atoms with E-state index in [2.05, 4.69) is 10.1 Å². The van der Waals surface area contributed by atoms with E-state index in [9.17, 15) is 8.78 Å². The number of aliphatic hydroxyl groups excluding tert-OH is 1. The number of rotatable bonds is 3. The van der Waals surface area contributed by atoms with E-state index in [-0.39, 0.29) is 11.4 Å². The highest BCUT2D eigenvalue weighted by Crippen LogP contribution is 2.18. The number of halogens is 2. The molecule has 0 atom stereocenters. The summed E-state index contributed by atoms with van der Waals surface area (Å²) in [6, 6.07) is 3.60. The van der Waals surface area contributed by atoms with E-state index in [0.29, 0.717) is 0 Å². The van der Waals surface area contributed by atoms with E-state index in [0.717, 1.165) is 12.3 Å². The minimum atomic E-state index is -1.05. The number of hydrogen-bond acceptors (Lipinski definition) is 4. The highest BCUT2D eigenvalue weighted by atomic mass is 19.2. The van der Waals surface area contributed by atoms with Gasteiger partial charge < -0.3 is 10.9 Å². The first-order valence-electron chi connectivity index (χ1n) is 4.04. The molecule has 0 aliphatic carbocycles. The van der Waals surface area contributed by atoms with Gasteiger partial charge in [-0.1, -0.05) is 6.07 Å². The lowest BCUT2D eigenvalue weighted by Crippen LogP contribution is -2.08. The predicted molar refractivity (Wildman–Crippen MR) is 53.2 cm³/mol. The van der Waals surface area contributed by atoms with Crippen molar-refractivity contribution in [3.05, 3.63) is 29.8 Å². The Morgan fingerprint density at radius 2 is 2.20 bits per heavy atom. The van der Waals surface area contributed by atoms with Crippen molar-refractivity contribution in [2.75, 3.05) is 6.61 Å². The van der Waals surface area contributed by atoms with Crippen LogP contribution in [-0.2, 0) is 0 Å². The van der Waals surface area contributed by atoms with E-state index < -0.39 is 18.2 Å². The monoisotopic (exact) mass is 213 g/mol. The van der Waals surface area contributed by atoms with E-state index in [1.807, 2.05) is 0 Å². The second kappa shape index (κ2) is 5.16. The first-order valence-corrected chi connectivity index (χ1v) is 4.04. The molecule has 6 heteroatoms. The first kappa shape index (κ1) is 11.3. The van der Waals surface area contributed by atoms with Crippen molar-refractivity contribution in [1.82, 2.24) is 0 Å². The van der Waals surface area contributed by atoms with Gasteiger partial charge in [0.25, 0.3) is 0 Å². The van der Waals surface area contributed by atoms with Gasteiger partial charge in [-0.2, -0.15) is 5.10 Å². The van der Waals surface area contributed by atoms with Crippen LogP contribution in [0.25, 0.3) is 0 Å². The average Bonchev–Trinajstić information content (AvgIpc) is 2.25. The molecule has 0 bridgehead atoms. The Labute approximate surface area is 84.8 Å². The van der Waals surface area contributed by atoms with Crippen molar-refractivity contribution in [3.63, 3.8) is 0 Å². The van der Waals surface area contributed by atoms with E-state index in [1.54, 1.807) is 0 Å². The Hall–Kier alpha value is -1.82. The van der Waals surface area contributed by atoms with E-state index >= 15 is 0 Å². The molecule has 0 fully saturated rings. The molecule has 80 valence electrons. The maximum Gasteiger partial charge on any atom is 0.184 e. The molecule has 0 aliphatic rings. The van der Waals surface area contributed by atoms with Crippen molar-refractivity contribution in [2.45, 2.75) is 0 Å². The fourth-order valence-corrected chi connectivity index (χ4v) is 0.851. The standard InChI is InChI=1S/C9H9F2N3O/c10-7-2-1-3-8(9(7)11)13-4-6(5-15)14-12/h1-4,15H,5,12H2. The lowest BCUT2D eigenvalue weighted by Gasteiger charge is -1.97. The van der Waals surface area contributed by atoms with Gasteiger partial charge in [-0.15, -0.1) is 0 Å². The van der Waals surface area contributed by atoms with Crippen molar-refractivity contribution < 1.29 is 13.9 Å². The third-order valence-corrected chi connectivity index (χ3v) is 1.61. The summed E-state index contributed by atoms with van der Waals surface area (Å²) in [4.78, 5) is 3.60. The summed E-state index contributed by atoms with van der Waals surface area (Å²) in [6.45, 7) is -0.420. The predicted octanol–water partition coefficient (Wildman–Crippen LogP) is 0.974. The van der Waals surface area contributed by atoms with E-state index in [1.165, 1.54) is 12.1 Å². The summed E-state index contributed by atoms with van der Waals surface area (Å²) < 4.78 is 25.8. The Morgan fingerprint density at radius 3 is 2.80 bits per heavy atom. The molecule has 0 saturated heterocycles. The van der Waals surface area contributed by atoms with Crippen LogP contribution in [0.4, 0.5) is 14.5 Å². The second-order valence-electron chi connectivity index (χ2n) is 2.61. The maximum atomic E-state index is 13.0. The van der Waals surface area contributed by atoms with Crippen molar-refractivity contribution >= 4 is 17.6 Å². The quantitative estimate of drug-likeness (QED) is 0.446. The van der Waals surface area contributed by atoms with Crippen molar-refractivity contribution in [1.29, 1.82) is 0 Å². The zero-order valence-corrected chi connectivity index (χ0v) is 7.69. The molecular formula is C9H9F2N3O. The van der Waals surface area contributed by atoms with Crippen LogP contribution in [0, 0.1) is 11.6 Å². The lowest BCUT2D eigenvalue weighted by atomic mass is 10.3. The zero-order chi connectivity index (χ0) is 11.3. The van der Waals surface area contributed by atoms with Crippen LogP contribution in [0.5, 0.6) is 0 Å². The second-order valence-corrected chi connectivity index (χ2v) is 2.61. The van der Waals surface area contributed by atoms with Gasteiger partial charge >= 0.3 is 0 Å². The molecule has 15 heavy (non-hydrogen) atoms. The first-order chi connectivity index (χ1) is 7.19. The number of aliphatic hydroxyl groups is 1. The number of hydrogen-bond donors (Lipinski definition) is 2. The normalized spacial score (nSPS) is 12.3. The topological polar surface area (TPSA) is 71.0 Å². The van der Waals surface area contributed by atoms with Gasteiger partial charge in [0.05, 0.1) is 12.8 Å². The highest BCUT2D eigenvalue weighted by molar-refractivity contribution is 6.31. The van der Waals surface area contributed by atoms with Crippen LogP contribution in [0.2, 0.25) is 0 Å². The molecule has 1 aromatic rings. The maximum absolute atomic E-state index is 13.0. The van der Waals surface area contributed by atoms with Crippen LogP contribution < -0.4 is 5.84 Å². The molecule has 0 unspecified atom stereocenters. The van der Waals surface area contributed by atoms with Crippen molar-refractivity contribution in [2.24, 2.45) is 15.9 Å². The Morgan fingerprint density at radius 1 is 1.47 bits per heavy atom. The van der Waals surface area contributed by atoms with Crippen LogP contribution in [0.1, 0.15) is 0 Å². The summed E-state index contributed by atoms with van der Waals surface area (Å²) in [6.07, 6.45) is 1.07. The third-order valence-electron chi connectivity index (χ3n) is 1.61. The Balaban J connectivity index is 2.94. The Kier molecular flexibility index (Phi) is 3.87. The fraction of sp³-hybridized carbons (Fsp3) is 0.111. The zero-order valence-electron chi connectivity index (χ0n) is 7.69. The molecule has 3 N–H and O–H groups in total. The van der Waals surface area contributed by atoms with Crippen LogP contribution >= 0.6 is 0 Å². The van der Waals surface area contributed by atoms with Gasteiger partial charge in [0.1, 0.15) is 11.4 Å². The summed E-state index contributed by atoms with van der Waals surface area (Å²) in [7, 11) is 0. The van der Waals surface area contributed by atoms with Gasteiger partial charge in [0, 0.05) is 0 Å². The molecule has 0 heterocycles. The molecule has 1 aromatic carbocycles. The minimum absolute atomic E-state index is 0.0682. The highest BCUT2D eigenvalue weighted by Gasteiger charge is 2.05.